The third kappa shape index (κ3) is 1.68. The summed E-state index contributed by atoms with van der Waals surface area (Å²) >= 11 is 0. The predicted octanol–water partition coefficient (Wildman–Crippen LogP) is -0.211. The fourth-order valence-electron chi connectivity index (χ4n) is 3.05. The van der Waals surface area contributed by atoms with E-state index in [0.717, 1.165) is 31.6 Å². The molecule has 96 valence electrons. The molecule has 1 spiro atoms. The zero-order valence-electron chi connectivity index (χ0n) is 10.5. The van der Waals surface area contributed by atoms with Crippen molar-refractivity contribution in [2.75, 3.05) is 24.7 Å². The van der Waals surface area contributed by atoms with Crippen LogP contribution in [0.4, 0.5) is 5.69 Å². The summed E-state index contributed by atoms with van der Waals surface area (Å²) in [7, 11) is 4.04. The van der Waals surface area contributed by atoms with Gasteiger partial charge in [-0.2, -0.15) is 7.05 Å². The molecule has 18 heavy (non-hydrogen) atoms. The standard InChI is InChI=1S/C14H19N3O/c1-16-9-7-14(8-10-16)13(18)15-11-17(14)12-5-3-2-4-6-12/h2-6,16H,1,7-11H2,(H,15,18). The number of anilines is 1. The summed E-state index contributed by atoms with van der Waals surface area (Å²) in [6.07, 6.45) is 1.76. The number of carbonyl (C=O) groups excluding carboxylic acids is 1. The van der Waals surface area contributed by atoms with Crippen LogP contribution in [0.3, 0.4) is 0 Å². The van der Waals surface area contributed by atoms with E-state index in [9.17, 15) is 4.79 Å². The van der Waals surface area contributed by atoms with Gasteiger partial charge in [0.05, 0.1) is 19.8 Å². The van der Waals surface area contributed by atoms with Crippen LogP contribution in [0, 0.1) is 7.05 Å². The van der Waals surface area contributed by atoms with Crippen molar-refractivity contribution < 1.29 is 9.69 Å². The Kier molecular flexibility index (Phi) is 2.74. The van der Waals surface area contributed by atoms with Crippen molar-refractivity contribution in [3.8, 4) is 0 Å². The zero-order valence-corrected chi connectivity index (χ0v) is 10.5. The van der Waals surface area contributed by atoms with Crippen molar-refractivity contribution in [3.63, 3.8) is 0 Å². The first-order valence-corrected chi connectivity index (χ1v) is 6.50. The number of nitrogens with zero attached hydrogens (tertiary/aromatic N) is 1. The molecule has 0 atom stereocenters. The van der Waals surface area contributed by atoms with Gasteiger partial charge in [-0.15, -0.1) is 0 Å². The summed E-state index contributed by atoms with van der Waals surface area (Å²) in [6, 6.07) is 10.2. The maximum Gasteiger partial charge on any atom is 0.247 e. The summed E-state index contributed by atoms with van der Waals surface area (Å²) in [5.41, 5.74) is 0.783. The molecule has 1 aromatic carbocycles. The van der Waals surface area contributed by atoms with Crippen molar-refractivity contribution in [2.45, 2.75) is 18.4 Å². The van der Waals surface area contributed by atoms with E-state index >= 15 is 0 Å². The quantitative estimate of drug-likeness (QED) is 0.672. The van der Waals surface area contributed by atoms with Gasteiger partial charge in [-0.3, -0.25) is 4.79 Å². The molecule has 0 unspecified atom stereocenters. The monoisotopic (exact) mass is 245 g/mol. The molecule has 2 heterocycles. The van der Waals surface area contributed by atoms with Gasteiger partial charge in [-0.1, -0.05) is 18.2 Å². The number of rotatable bonds is 1. The number of benzene rings is 1. The summed E-state index contributed by atoms with van der Waals surface area (Å²) in [6.45, 7) is 2.53. The second kappa shape index (κ2) is 4.28. The number of amides is 1. The average Bonchev–Trinajstić information content (AvgIpc) is 2.72. The molecule has 4 nitrogen and oxygen atoms in total. The zero-order chi connectivity index (χ0) is 12.6. The molecular formula is C14H19N3O. The van der Waals surface area contributed by atoms with E-state index in [4.69, 9.17) is 0 Å². The molecule has 2 aliphatic heterocycles. The van der Waals surface area contributed by atoms with Crippen LogP contribution >= 0.6 is 0 Å². The second-order valence-electron chi connectivity index (χ2n) is 5.21. The maximum absolute atomic E-state index is 12.3. The minimum Gasteiger partial charge on any atom is -0.468 e. The van der Waals surface area contributed by atoms with Crippen LogP contribution in [-0.2, 0) is 4.79 Å². The first kappa shape index (κ1) is 11.5. The number of likely N-dealkylation sites (tertiary alicyclic amines) is 1. The fourth-order valence-corrected chi connectivity index (χ4v) is 3.05. The smallest absolute Gasteiger partial charge is 0.247 e. The number of para-hydroxylation sites is 1. The molecule has 1 aromatic rings. The number of hydrogen-bond acceptors (Lipinski definition) is 2. The minimum absolute atomic E-state index is 0.179. The Morgan fingerprint density at radius 2 is 1.89 bits per heavy atom. The topological polar surface area (TPSA) is 36.8 Å². The van der Waals surface area contributed by atoms with Crippen molar-refractivity contribution >= 4 is 11.6 Å². The Morgan fingerprint density at radius 1 is 1.22 bits per heavy atom. The lowest BCUT2D eigenvalue weighted by Gasteiger charge is -2.42. The van der Waals surface area contributed by atoms with Gasteiger partial charge in [0, 0.05) is 18.5 Å². The van der Waals surface area contributed by atoms with Crippen LogP contribution in [0.2, 0.25) is 0 Å². The number of piperidine rings is 1. The third-order valence-electron chi connectivity index (χ3n) is 4.19. The summed E-state index contributed by atoms with van der Waals surface area (Å²) in [4.78, 5) is 15.8. The Labute approximate surface area is 108 Å². The van der Waals surface area contributed by atoms with Gasteiger partial charge >= 0.3 is 0 Å². The Bertz CT molecular complexity index is 438. The van der Waals surface area contributed by atoms with Gasteiger partial charge in [0.25, 0.3) is 0 Å². The van der Waals surface area contributed by atoms with Crippen LogP contribution in [0.1, 0.15) is 12.8 Å². The van der Waals surface area contributed by atoms with Gasteiger partial charge in [0.15, 0.2) is 0 Å². The van der Waals surface area contributed by atoms with E-state index in [0.29, 0.717) is 6.67 Å². The summed E-state index contributed by atoms with van der Waals surface area (Å²) < 4.78 is 0. The highest BCUT2D eigenvalue weighted by molar-refractivity contribution is 5.93. The predicted molar refractivity (Wildman–Crippen MR) is 69.9 cm³/mol. The number of nitrogens with one attached hydrogen (secondary N) is 2. The summed E-state index contributed by atoms with van der Waals surface area (Å²) in [5, 5.41) is 3.00. The molecule has 0 aliphatic carbocycles. The number of hydrogen-bond donors (Lipinski definition) is 2. The molecule has 2 fully saturated rings. The van der Waals surface area contributed by atoms with Crippen molar-refractivity contribution in [3.05, 3.63) is 37.4 Å². The largest absolute Gasteiger partial charge is 0.468 e. The molecule has 0 radical (unpaired) electrons. The van der Waals surface area contributed by atoms with Gasteiger partial charge in [0.1, 0.15) is 5.54 Å². The summed E-state index contributed by atoms with van der Waals surface area (Å²) in [5.74, 6) is 0.179. The van der Waals surface area contributed by atoms with E-state index in [1.165, 1.54) is 4.90 Å². The van der Waals surface area contributed by atoms with E-state index in [-0.39, 0.29) is 11.4 Å². The van der Waals surface area contributed by atoms with E-state index in [2.05, 4.69) is 29.4 Å². The van der Waals surface area contributed by atoms with Crippen molar-refractivity contribution in [1.29, 1.82) is 0 Å². The molecule has 2 saturated heterocycles. The van der Waals surface area contributed by atoms with Crippen molar-refractivity contribution in [2.24, 2.45) is 0 Å². The highest BCUT2D eigenvalue weighted by Gasteiger charge is 2.50. The maximum atomic E-state index is 12.3. The van der Waals surface area contributed by atoms with E-state index in [1.54, 1.807) is 0 Å². The lowest BCUT2D eigenvalue weighted by atomic mass is 9.86. The van der Waals surface area contributed by atoms with Crippen LogP contribution in [0.5, 0.6) is 0 Å². The molecule has 3 rings (SSSR count). The normalized spacial score (nSPS) is 31.7. The third-order valence-corrected chi connectivity index (χ3v) is 4.19. The lowest BCUT2D eigenvalue weighted by molar-refractivity contribution is -0.860. The van der Waals surface area contributed by atoms with Gasteiger partial charge in [-0.25, -0.2) is 0 Å². The molecule has 4 heteroatoms. The van der Waals surface area contributed by atoms with Crippen LogP contribution in [0.15, 0.2) is 30.3 Å². The van der Waals surface area contributed by atoms with Crippen LogP contribution in [0.25, 0.3) is 0 Å². The number of quaternary nitrogens is 1. The molecule has 2 N–H and O–H groups in total. The minimum atomic E-state index is -0.345. The van der Waals surface area contributed by atoms with Crippen LogP contribution < -0.4 is 15.1 Å². The average molecular weight is 245 g/mol. The lowest BCUT2D eigenvalue weighted by Crippen LogP contribution is -3.09. The molecule has 1 amide bonds. The van der Waals surface area contributed by atoms with Crippen LogP contribution in [-0.4, -0.2) is 31.2 Å². The van der Waals surface area contributed by atoms with Gasteiger partial charge < -0.3 is 15.1 Å². The molecule has 0 aromatic heterocycles. The molecule has 2 aliphatic rings. The van der Waals surface area contributed by atoms with Gasteiger partial charge in [0.2, 0.25) is 5.91 Å². The van der Waals surface area contributed by atoms with E-state index < -0.39 is 0 Å². The second-order valence-corrected chi connectivity index (χ2v) is 5.21. The Morgan fingerprint density at radius 3 is 2.56 bits per heavy atom. The van der Waals surface area contributed by atoms with Crippen molar-refractivity contribution in [1.82, 2.24) is 5.32 Å². The highest BCUT2D eigenvalue weighted by atomic mass is 16.2. The molecule has 0 bridgehead atoms. The highest BCUT2D eigenvalue weighted by Crippen LogP contribution is 2.33. The Balaban J connectivity index is 1.93. The Hall–Kier alpha value is -1.55. The SMILES string of the molecule is [CH2-][NH+]1CCC2(CC1)C(=O)NCN2c1ccccc1. The van der Waals surface area contributed by atoms with E-state index in [1.807, 2.05) is 18.2 Å². The van der Waals surface area contributed by atoms with Gasteiger partial charge in [-0.05, 0) is 12.1 Å². The number of carbonyl (C=O) groups is 1. The first-order chi connectivity index (χ1) is 8.72. The molecule has 0 saturated carbocycles. The fraction of sp³-hybridized carbons (Fsp3) is 0.429. The molecular weight excluding hydrogens is 226 g/mol. The first-order valence-electron chi connectivity index (χ1n) is 6.50.